The van der Waals surface area contributed by atoms with E-state index in [0.29, 0.717) is 11.8 Å². The maximum atomic E-state index is 13.5. The number of hydrogen-bond donors (Lipinski definition) is 1. The number of nitrogens with one attached hydrogen (secondary N) is 1. The fraction of sp³-hybridized carbons (Fsp3) is 0.600. The van der Waals surface area contributed by atoms with Crippen molar-refractivity contribution in [1.82, 2.24) is 5.32 Å². The smallest absolute Gasteiger partial charge is 0.165 e. The van der Waals surface area contributed by atoms with Crippen LogP contribution in [0.3, 0.4) is 0 Å². The molecule has 0 radical (unpaired) electrons. The zero-order valence-corrected chi connectivity index (χ0v) is 11.2. The van der Waals surface area contributed by atoms with Gasteiger partial charge >= 0.3 is 0 Å². The minimum Gasteiger partial charge on any atom is -0.486 e. The lowest BCUT2D eigenvalue weighted by molar-refractivity contribution is 0.202. The Morgan fingerprint density at radius 3 is 2.83 bits per heavy atom. The second kappa shape index (κ2) is 6.19. The first-order chi connectivity index (χ1) is 8.65. The van der Waals surface area contributed by atoms with Gasteiger partial charge in [0.15, 0.2) is 11.6 Å². The molecule has 1 saturated carbocycles. The van der Waals surface area contributed by atoms with Crippen LogP contribution in [0.1, 0.15) is 38.2 Å². The molecule has 1 aromatic rings. The van der Waals surface area contributed by atoms with Gasteiger partial charge in [-0.05, 0) is 44.4 Å². The minimum absolute atomic E-state index is 0.0121. The van der Waals surface area contributed by atoms with Gasteiger partial charge in [0.05, 0.1) is 0 Å². The molecule has 18 heavy (non-hydrogen) atoms. The fourth-order valence-corrected chi connectivity index (χ4v) is 2.42. The maximum Gasteiger partial charge on any atom is 0.165 e. The van der Waals surface area contributed by atoms with E-state index in [0.717, 1.165) is 12.1 Å². The normalized spacial score (nSPS) is 17.9. The molecule has 1 atom stereocenters. The first kappa shape index (κ1) is 13.3. The monoisotopic (exact) mass is 251 g/mol. The van der Waals surface area contributed by atoms with E-state index in [1.807, 2.05) is 13.8 Å². The Morgan fingerprint density at radius 2 is 2.11 bits per heavy atom. The Hall–Kier alpha value is -1.09. The molecule has 100 valence electrons. The molecule has 1 fully saturated rings. The van der Waals surface area contributed by atoms with Gasteiger partial charge in [0, 0.05) is 12.6 Å². The van der Waals surface area contributed by atoms with Crippen LogP contribution in [0.25, 0.3) is 0 Å². The molecule has 1 aliphatic carbocycles. The fourth-order valence-electron chi connectivity index (χ4n) is 2.42. The summed E-state index contributed by atoms with van der Waals surface area (Å²) < 4.78 is 19.2. The van der Waals surface area contributed by atoms with Crippen LogP contribution >= 0.6 is 0 Å². The first-order valence-electron chi connectivity index (χ1n) is 6.81. The molecule has 1 aliphatic rings. The van der Waals surface area contributed by atoms with Gasteiger partial charge < -0.3 is 10.1 Å². The molecule has 0 heterocycles. The largest absolute Gasteiger partial charge is 0.486 e. The summed E-state index contributed by atoms with van der Waals surface area (Å²) in [6, 6.07) is 5.59. The van der Waals surface area contributed by atoms with Crippen LogP contribution in [0.2, 0.25) is 0 Å². The number of aryl methyl sites for hydroxylation is 1. The Bertz CT molecular complexity index is 388. The van der Waals surface area contributed by atoms with Gasteiger partial charge in [0.1, 0.15) is 6.10 Å². The van der Waals surface area contributed by atoms with Crippen molar-refractivity contribution in [3.05, 3.63) is 29.6 Å². The summed E-state index contributed by atoms with van der Waals surface area (Å²) in [5, 5.41) is 3.49. The standard InChI is InChI=1S/C15H22FNO/c1-11-7-8-14(16)15(9-11)18-12(2)10-17-13-5-3-4-6-13/h7-9,12-13,17H,3-6,10H2,1-2H3. The molecule has 0 amide bonds. The Balaban J connectivity index is 1.82. The van der Waals surface area contributed by atoms with Crippen LogP contribution in [-0.4, -0.2) is 18.7 Å². The van der Waals surface area contributed by atoms with Crippen molar-refractivity contribution in [2.24, 2.45) is 0 Å². The van der Waals surface area contributed by atoms with Gasteiger partial charge in [-0.15, -0.1) is 0 Å². The average molecular weight is 251 g/mol. The number of benzene rings is 1. The molecule has 0 aromatic heterocycles. The lowest BCUT2D eigenvalue weighted by Gasteiger charge is -2.19. The van der Waals surface area contributed by atoms with Gasteiger partial charge in [-0.25, -0.2) is 4.39 Å². The molecule has 2 rings (SSSR count). The highest BCUT2D eigenvalue weighted by atomic mass is 19.1. The van der Waals surface area contributed by atoms with Crippen LogP contribution < -0.4 is 10.1 Å². The SMILES string of the molecule is Cc1ccc(F)c(OC(C)CNC2CCCC2)c1. The van der Waals surface area contributed by atoms with Crippen LogP contribution in [0, 0.1) is 12.7 Å². The third-order valence-electron chi connectivity index (χ3n) is 3.46. The van der Waals surface area contributed by atoms with E-state index in [-0.39, 0.29) is 11.9 Å². The lowest BCUT2D eigenvalue weighted by atomic mass is 10.2. The van der Waals surface area contributed by atoms with E-state index >= 15 is 0 Å². The molecule has 0 saturated heterocycles. The van der Waals surface area contributed by atoms with Crippen LogP contribution in [0.5, 0.6) is 5.75 Å². The molecule has 0 spiro atoms. The summed E-state index contributed by atoms with van der Waals surface area (Å²) in [6.07, 6.45) is 5.14. The summed E-state index contributed by atoms with van der Waals surface area (Å²) in [4.78, 5) is 0. The van der Waals surface area contributed by atoms with Crippen molar-refractivity contribution in [1.29, 1.82) is 0 Å². The molecule has 0 bridgehead atoms. The number of halogens is 1. The highest BCUT2D eigenvalue weighted by Gasteiger charge is 2.16. The van der Waals surface area contributed by atoms with E-state index < -0.39 is 0 Å². The lowest BCUT2D eigenvalue weighted by Crippen LogP contribution is -2.35. The number of hydrogen-bond acceptors (Lipinski definition) is 2. The summed E-state index contributed by atoms with van der Waals surface area (Å²) in [5.74, 6) is 0.0732. The zero-order valence-electron chi connectivity index (χ0n) is 11.2. The van der Waals surface area contributed by atoms with E-state index in [2.05, 4.69) is 5.32 Å². The molecule has 3 heteroatoms. The first-order valence-corrected chi connectivity index (χ1v) is 6.81. The van der Waals surface area contributed by atoms with Gasteiger partial charge in [-0.3, -0.25) is 0 Å². The second-order valence-electron chi connectivity index (χ2n) is 5.25. The second-order valence-corrected chi connectivity index (χ2v) is 5.25. The van der Waals surface area contributed by atoms with Crippen molar-refractivity contribution < 1.29 is 9.13 Å². The Kier molecular flexibility index (Phi) is 4.59. The van der Waals surface area contributed by atoms with Crippen molar-refractivity contribution >= 4 is 0 Å². The third kappa shape index (κ3) is 3.70. The van der Waals surface area contributed by atoms with Gasteiger partial charge in [-0.1, -0.05) is 18.9 Å². The summed E-state index contributed by atoms with van der Waals surface area (Å²) >= 11 is 0. The number of rotatable bonds is 5. The van der Waals surface area contributed by atoms with Crippen molar-refractivity contribution in [3.8, 4) is 5.75 Å². The molecule has 0 aliphatic heterocycles. The summed E-state index contributed by atoms with van der Waals surface area (Å²) in [6.45, 7) is 4.69. The highest BCUT2D eigenvalue weighted by Crippen LogP contribution is 2.20. The van der Waals surface area contributed by atoms with Crippen molar-refractivity contribution in [2.45, 2.75) is 51.7 Å². The summed E-state index contributed by atoms with van der Waals surface area (Å²) in [7, 11) is 0. The summed E-state index contributed by atoms with van der Waals surface area (Å²) in [5.41, 5.74) is 1.02. The minimum atomic E-state index is -0.284. The quantitative estimate of drug-likeness (QED) is 0.865. The molecule has 1 aromatic carbocycles. The van der Waals surface area contributed by atoms with Crippen LogP contribution in [0.15, 0.2) is 18.2 Å². The molecular formula is C15H22FNO. The maximum absolute atomic E-state index is 13.5. The topological polar surface area (TPSA) is 21.3 Å². The molecule has 1 N–H and O–H groups in total. The Morgan fingerprint density at radius 1 is 1.39 bits per heavy atom. The average Bonchev–Trinajstić information content (AvgIpc) is 2.84. The molecular weight excluding hydrogens is 229 g/mol. The van der Waals surface area contributed by atoms with Crippen LogP contribution in [0.4, 0.5) is 4.39 Å². The van der Waals surface area contributed by atoms with Crippen molar-refractivity contribution in [2.75, 3.05) is 6.54 Å². The molecule has 2 nitrogen and oxygen atoms in total. The predicted octanol–water partition coefficient (Wildman–Crippen LogP) is 3.43. The van der Waals surface area contributed by atoms with Gasteiger partial charge in [-0.2, -0.15) is 0 Å². The molecule has 1 unspecified atom stereocenters. The van der Waals surface area contributed by atoms with Crippen LogP contribution in [-0.2, 0) is 0 Å². The van der Waals surface area contributed by atoms with Gasteiger partial charge in [0.2, 0.25) is 0 Å². The van der Waals surface area contributed by atoms with E-state index in [4.69, 9.17) is 4.74 Å². The van der Waals surface area contributed by atoms with E-state index in [1.54, 1.807) is 12.1 Å². The van der Waals surface area contributed by atoms with E-state index in [9.17, 15) is 4.39 Å². The highest BCUT2D eigenvalue weighted by molar-refractivity contribution is 5.29. The predicted molar refractivity (Wildman–Crippen MR) is 71.5 cm³/mol. The Labute approximate surface area is 109 Å². The van der Waals surface area contributed by atoms with E-state index in [1.165, 1.54) is 31.7 Å². The van der Waals surface area contributed by atoms with Gasteiger partial charge in [0.25, 0.3) is 0 Å². The zero-order chi connectivity index (χ0) is 13.0. The third-order valence-corrected chi connectivity index (χ3v) is 3.46. The van der Waals surface area contributed by atoms with Crippen molar-refractivity contribution in [3.63, 3.8) is 0 Å². The number of ether oxygens (including phenoxy) is 1.